The van der Waals surface area contributed by atoms with Crippen LogP contribution in [-0.4, -0.2) is 57.9 Å². The second kappa shape index (κ2) is 10.7. The molecule has 11 heteroatoms. The molecule has 0 spiro atoms. The Labute approximate surface area is 204 Å². The summed E-state index contributed by atoms with van der Waals surface area (Å²) in [6.45, 7) is 3.44. The predicted molar refractivity (Wildman–Crippen MR) is 128 cm³/mol. The van der Waals surface area contributed by atoms with E-state index in [1.54, 1.807) is 30.3 Å². The van der Waals surface area contributed by atoms with Crippen LogP contribution in [0.5, 0.6) is 0 Å². The molecular weight excluding hydrogens is 476 g/mol. The number of hydrogen-bond donors (Lipinski definition) is 1. The maximum absolute atomic E-state index is 13.0. The van der Waals surface area contributed by atoms with Gasteiger partial charge in [0, 0.05) is 22.8 Å². The zero-order chi connectivity index (χ0) is 24.1. The number of azo groups is 1. The van der Waals surface area contributed by atoms with Gasteiger partial charge in [0.2, 0.25) is 11.6 Å². The molecule has 1 fully saturated rings. The molecule has 1 aromatic heterocycles. The number of rotatable bonds is 9. The number of hydrogen-bond acceptors (Lipinski definition) is 8. The van der Waals surface area contributed by atoms with Crippen molar-refractivity contribution < 1.29 is 24.0 Å². The van der Waals surface area contributed by atoms with Crippen molar-refractivity contribution in [2.45, 2.75) is 17.8 Å². The topological polar surface area (TPSA) is 114 Å². The van der Waals surface area contributed by atoms with E-state index in [4.69, 9.17) is 4.74 Å². The number of carbonyl (C=O) groups is 3. The second-order valence-corrected chi connectivity index (χ2v) is 9.60. The first-order valence-electron chi connectivity index (χ1n) is 10.5. The summed E-state index contributed by atoms with van der Waals surface area (Å²) in [5.41, 5.74) is 0.933. The molecule has 1 N–H and O–H groups in total. The molecule has 2 aliphatic heterocycles. The number of thiophene rings is 1. The minimum absolute atomic E-state index is 0.0225. The summed E-state index contributed by atoms with van der Waals surface area (Å²) in [7, 11) is 0. The van der Waals surface area contributed by atoms with Gasteiger partial charge >= 0.3 is 5.97 Å². The fraction of sp³-hybridized carbons (Fsp3) is 0.261. The number of para-hydroxylation sites is 1. The molecule has 34 heavy (non-hydrogen) atoms. The van der Waals surface area contributed by atoms with Crippen LogP contribution in [-0.2, 0) is 25.5 Å². The molecule has 2 atom stereocenters. The standard InChI is InChI=1S/C23H22N4O5S2/c1-2-10-32-23(30)20-15(13-24-27(31)16-7-4-3-5-8-16)14-34-22-19(21(29)26(20)22)25-18(28)12-17-9-6-11-33-17/h2-9,11,19,22H,1,10,12-14H2,(H,25,28)/t19-,22-/m1/s1. The van der Waals surface area contributed by atoms with Gasteiger partial charge in [-0.05, 0) is 22.1 Å². The number of esters is 1. The second-order valence-electron chi connectivity index (χ2n) is 7.46. The van der Waals surface area contributed by atoms with Gasteiger partial charge in [0.15, 0.2) is 0 Å². The quantitative estimate of drug-likeness (QED) is 0.142. The minimum Gasteiger partial charge on any atom is -0.594 e. The summed E-state index contributed by atoms with van der Waals surface area (Å²) in [6.07, 6.45) is 1.61. The van der Waals surface area contributed by atoms with E-state index in [0.717, 1.165) is 4.88 Å². The highest BCUT2D eigenvalue weighted by Crippen LogP contribution is 2.40. The summed E-state index contributed by atoms with van der Waals surface area (Å²) in [6, 6.07) is 11.5. The van der Waals surface area contributed by atoms with Gasteiger partial charge in [-0.1, -0.05) is 41.8 Å². The molecule has 3 heterocycles. The van der Waals surface area contributed by atoms with Crippen molar-refractivity contribution in [3.63, 3.8) is 0 Å². The predicted octanol–water partition coefficient (Wildman–Crippen LogP) is 2.97. The van der Waals surface area contributed by atoms with Crippen molar-refractivity contribution in [2.24, 2.45) is 5.11 Å². The van der Waals surface area contributed by atoms with Crippen LogP contribution in [0.2, 0.25) is 0 Å². The van der Waals surface area contributed by atoms with Gasteiger partial charge in [-0.15, -0.1) is 23.1 Å². The first-order valence-corrected chi connectivity index (χ1v) is 12.4. The third-order valence-corrected chi connectivity index (χ3v) is 7.39. The van der Waals surface area contributed by atoms with E-state index in [9.17, 15) is 19.6 Å². The zero-order valence-corrected chi connectivity index (χ0v) is 19.7. The van der Waals surface area contributed by atoms with Crippen molar-refractivity contribution in [3.05, 3.63) is 81.9 Å². The lowest BCUT2D eigenvalue weighted by molar-refractivity contribution is -0.441. The minimum atomic E-state index is -0.738. The smallest absolute Gasteiger partial charge is 0.355 e. The van der Waals surface area contributed by atoms with Gasteiger partial charge in [-0.2, -0.15) is 0 Å². The molecule has 4 rings (SSSR count). The highest BCUT2D eigenvalue weighted by molar-refractivity contribution is 8.00. The van der Waals surface area contributed by atoms with Crippen LogP contribution in [0.15, 0.2) is 76.9 Å². The monoisotopic (exact) mass is 498 g/mol. The van der Waals surface area contributed by atoms with Crippen molar-refractivity contribution in [1.82, 2.24) is 10.2 Å². The molecule has 0 saturated carbocycles. The highest BCUT2D eigenvalue weighted by atomic mass is 32.2. The number of carbonyl (C=O) groups excluding carboxylic acids is 3. The summed E-state index contributed by atoms with van der Waals surface area (Å²) in [5.74, 6) is -0.992. The Morgan fingerprint density at radius 1 is 1.29 bits per heavy atom. The SMILES string of the molecule is C=CCOC(=O)C1=C(CN=[N+]([O-])c2ccccc2)CS[C@@H]2[C@H](NC(=O)Cc3cccs3)C(=O)N12. The average Bonchev–Trinajstić information content (AvgIpc) is 3.37. The van der Waals surface area contributed by atoms with Crippen molar-refractivity contribution in [1.29, 1.82) is 0 Å². The zero-order valence-electron chi connectivity index (χ0n) is 18.1. The summed E-state index contributed by atoms with van der Waals surface area (Å²) in [4.78, 5) is 40.9. The van der Waals surface area contributed by atoms with Crippen LogP contribution in [0.25, 0.3) is 0 Å². The van der Waals surface area contributed by atoms with Crippen molar-refractivity contribution >= 4 is 46.6 Å². The van der Waals surface area contributed by atoms with E-state index in [0.29, 0.717) is 21.9 Å². The van der Waals surface area contributed by atoms with E-state index < -0.39 is 23.3 Å². The normalized spacial score (nSPS) is 19.8. The van der Waals surface area contributed by atoms with Crippen LogP contribution in [0.3, 0.4) is 0 Å². The van der Waals surface area contributed by atoms with Crippen molar-refractivity contribution in [2.75, 3.05) is 18.9 Å². The van der Waals surface area contributed by atoms with E-state index in [1.165, 1.54) is 34.1 Å². The summed E-state index contributed by atoms with van der Waals surface area (Å²) in [5, 5.41) is 20.6. The van der Waals surface area contributed by atoms with Crippen molar-refractivity contribution in [3.8, 4) is 0 Å². The summed E-state index contributed by atoms with van der Waals surface area (Å²) >= 11 is 2.87. The largest absolute Gasteiger partial charge is 0.594 e. The van der Waals surface area contributed by atoms with E-state index in [2.05, 4.69) is 17.0 Å². The first kappa shape index (κ1) is 23.7. The number of nitrogens with zero attached hydrogens (tertiary/aromatic N) is 3. The van der Waals surface area contributed by atoms with Gasteiger partial charge in [0.1, 0.15) is 30.3 Å². The lowest BCUT2D eigenvalue weighted by atomic mass is 10.0. The molecule has 176 valence electrons. The van der Waals surface area contributed by atoms with Gasteiger partial charge in [-0.3, -0.25) is 14.5 Å². The molecule has 1 aromatic carbocycles. The van der Waals surface area contributed by atoms with Crippen LogP contribution >= 0.6 is 23.1 Å². The molecule has 2 aliphatic rings. The van der Waals surface area contributed by atoms with Crippen LogP contribution in [0.1, 0.15) is 4.88 Å². The van der Waals surface area contributed by atoms with Gasteiger partial charge in [-0.25, -0.2) is 4.79 Å². The third-order valence-electron chi connectivity index (χ3n) is 5.17. The molecule has 0 unspecified atom stereocenters. The number of β-lactam (4-membered cyclic amide) rings is 1. The number of ether oxygens (including phenoxy) is 1. The number of nitrogens with one attached hydrogen (secondary N) is 1. The van der Waals surface area contributed by atoms with Crippen LogP contribution in [0, 0.1) is 5.21 Å². The maximum Gasteiger partial charge on any atom is 0.355 e. The Balaban J connectivity index is 1.52. The number of benzene rings is 1. The Kier molecular flexibility index (Phi) is 7.43. The molecule has 0 aliphatic carbocycles. The summed E-state index contributed by atoms with van der Waals surface area (Å²) < 4.78 is 5.20. The lowest BCUT2D eigenvalue weighted by Gasteiger charge is -2.49. The first-order chi connectivity index (χ1) is 16.5. The highest BCUT2D eigenvalue weighted by Gasteiger charge is 2.54. The number of fused-ring (bicyclic) bond motifs is 1. The van der Waals surface area contributed by atoms with E-state index in [-0.39, 0.29) is 31.2 Å². The number of amides is 2. The Bertz CT molecular complexity index is 1150. The fourth-order valence-electron chi connectivity index (χ4n) is 3.58. The maximum atomic E-state index is 13.0. The Morgan fingerprint density at radius 2 is 2.09 bits per heavy atom. The average molecular weight is 499 g/mol. The molecule has 0 radical (unpaired) electrons. The van der Waals surface area contributed by atoms with Gasteiger partial charge in [0.05, 0.1) is 6.42 Å². The van der Waals surface area contributed by atoms with Crippen LogP contribution in [0.4, 0.5) is 5.69 Å². The third kappa shape index (κ3) is 5.05. The molecule has 2 aromatic rings. The van der Waals surface area contributed by atoms with Crippen LogP contribution < -0.4 is 5.32 Å². The number of thioether (sulfide) groups is 1. The van der Waals surface area contributed by atoms with Gasteiger partial charge < -0.3 is 15.3 Å². The molecule has 1 saturated heterocycles. The molecule has 0 bridgehead atoms. The lowest BCUT2D eigenvalue weighted by Crippen LogP contribution is -2.70. The fourth-order valence-corrected chi connectivity index (χ4v) is 5.62. The van der Waals surface area contributed by atoms with Gasteiger partial charge in [0.25, 0.3) is 5.91 Å². The Hall–Kier alpha value is -3.44. The molecular formula is C23H22N4O5S2. The van der Waals surface area contributed by atoms with E-state index in [1.807, 2.05) is 17.5 Å². The Morgan fingerprint density at radius 3 is 2.79 bits per heavy atom. The molecule has 9 nitrogen and oxygen atoms in total. The van der Waals surface area contributed by atoms with E-state index >= 15 is 0 Å². The molecule has 2 amide bonds.